The van der Waals surface area contributed by atoms with Crippen molar-refractivity contribution in [2.24, 2.45) is 0 Å². The second-order valence-corrected chi connectivity index (χ2v) is 1.02. The molecular formula is C5H5CuN+2. The average Bonchev–Trinajstić information content (AvgIpc) is 1.72. The zero-order valence-electron chi connectivity index (χ0n) is 3.64. The summed E-state index contributed by atoms with van der Waals surface area (Å²) in [5.41, 5.74) is 0. The quantitative estimate of drug-likeness (QED) is 0.494. The molecule has 39 valence electrons. The number of hydrogen-bond donors (Lipinski definition) is 0. The first-order chi connectivity index (χ1) is 3.00. The molecule has 0 saturated heterocycles. The summed E-state index contributed by atoms with van der Waals surface area (Å²) in [6, 6.07) is 5.72. The molecule has 2 heteroatoms. The van der Waals surface area contributed by atoms with Crippen LogP contribution in [0.4, 0.5) is 0 Å². The minimum atomic E-state index is 0. The van der Waals surface area contributed by atoms with Gasteiger partial charge in [-0.3, -0.25) is 4.98 Å². The fraction of sp³-hybridized carbons (Fsp3) is 0. The molecule has 0 bridgehead atoms. The fourth-order valence-corrected chi connectivity index (χ4v) is 0.313. The topological polar surface area (TPSA) is 12.9 Å². The van der Waals surface area contributed by atoms with Gasteiger partial charge in [-0.25, -0.2) is 0 Å². The van der Waals surface area contributed by atoms with E-state index in [1.165, 1.54) is 0 Å². The molecule has 0 amide bonds. The van der Waals surface area contributed by atoms with Gasteiger partial charge in [0.1, 0.15) is 0 Å². The molecule has 0 spiro atoms. The number of aromatic nitrogens is 1. The van der Waals surface area contributed by atoms with Gasteiger partial charge in [0.05, 0.1) is 0 Å². The predicted molar refractivity (Wildman–Crippen MR) is 24.2 cm³/mol. The maximum atomic E-state index is 3.78. The summed E-state index contributed by atoms with van der Waals surface area (Å²) in [7, 11) is 0. The first-order valence-corrected chi connectivity index (χ1v) is 1.85. The first-order valence-electron chi connectivity index (χ1n) is 1.85. The van der Waals surface area contributed by atoms with Gasteiger partial charge >= 0.3 is 17.1 Å². The van der Waals surface area contributed by atoms with Crippen molar-refractivity contribution in [3.8, 4) is 0 Å². The summed E-state index contributed by atoms with van der Waals surface area (Å²) in [5, 5.41) is 0. The second-order valence-electron chi connectivity index (χ2n) is 1.02. The van der Waals surface area contributed by atoms with Crippen LogP contribution in [0.3, 0.4) is 0 Å². The van der Waals surface area contributed by atoms with Crippen LogP contribution in [0, 0.1) is 0 Å². The van der Waals surface area contributed by atoms with Gasteiger partial charge in [0.25, 0.3) is 0 Å². The van der Waals surface area contributed by atoms with E-state index in [9.17, 15) is 0 Å². The Labute approximate surface area is 53.2 Å². The molecule has 1 aromatic heterocycles. The van der Waals surface area contributed by atoms with Gasteiger partial charge in [-0.05, 0) is 12.1 Å². The number of nitrogens with zero attached hydrogens (tertiary/aromatic N) is 1. The van der Waals surface area contributed by atoms with Gasteiger partial charge in [-0.15, -0.1) is 0 Å². The Morgan fingerprint density at radius 1 is 0.857 bits per heavy atom. The molecule has 0 saturated carbocycles. The molecule has 0 N–H and O–H groups in total. The number of rotatable bonds is 0. The van der Waals surface area contributed by atoms with Gasteiger partial charge in [0.15, 0.2) is 0 Å². The largest absolute Gasteiger partial charge is 2.00 e. The van der Waals surface area contributed by atoms with E-state index in [2.05, 4.69) is 4.98 Å². The predicted octanol–water partition coefficient (Wildman–Crippen LogP) is 1.08. The Bertz CT molecular complexity index is 80.0. The fourth-order valence-electron chi connectivity index (χ4n) is 0.313. The Morgan fingerprint density at radius 2 is 1.43 bits per heavy atom. The molecule has 0 aromatic carbocycles. The third-order valence-corrected chi connectivity index (χ3v) is 0.566. The third kappa shape index (κ3) is 2.38. The molecule has 0 aliphatic heterocycles. The van der Waals surface area contributed by atoms with Crippen molar-refractivity contribution in [3.63, 3.8) is 0 Å². The maximum absolute atomic E-state index is 3.78. The van der Waals surface area contributed by atoms with Crippen LogP contribution in [0.2, 0.25) is 0 Å². The molecule has 0 aliphatic rings. The SMILES string of the molecule is [Cu+2].c1ccncc1. The smallest absolute Gasteiger partial charge is 0.265 e. The molecule has 0 atom stereocenters. The van der Waals surface area contributed by atoms with Crippen molar-refractivity contribution in [2.45, 2.75) is 0 Å². The second kappa shape index (κ2) is 3.85. The minimum absolute atomic E-state index is 0. The van der Waals surface area contributed by atoms with Crippen LogP contribution < -0.4 is 0 Å². The maximum Gasteiger partial charge on any atom is 2.00 e. The van der Waals surface area contributed by atoms with Crippen molar-refractivity contribution >= 4 is 0 Å². The van der Waals surface area contributed by atoms with Crippen LogP contribution in [0.5, 0.6) is 0 Å². The van der Waals surface area contributed by atoms with E-state index in [-0.39, 0.29) is 17.1 Å². The molecule has 1 heterocycles. The Kier molecular flexibility index (Phi) is 3.66. The van der Waals surface area contributed by atoms with Crippen molar-refractivity contribution in [1.82, 2.24) is 4.98 Å². The summed E-state index contributed by atoms with van der Waals surface area (Å²) < 4.78 is 0. The number of hydrogen-bond acceptors (Lipinski definition) is 1. The summed E-state index contributed by atoms with van der Waals surface area (Å²) in [4.78, 5) is 3.78. The standard InChI is InChI=1S/C5H5N.Cu/c1-2-4-6-5-3-1;/h1-5H;/q;+2. The Hall–Kier alpha value is -0.331. The molecular weight excluding hydrogens is 138 g/mol. The van der Waals surface area contributed by atoms with Crippen LogP contribution in [-0.4, -0.2) is 4.98 Å². The van der Waals surface area contributed by atoms with E-state index in [1.807, 2.05) is 18.2 Å². The van der Waals surface area contributed by atoms with Gasteiger partial charge in [0.2, 0.25) is 0 Å². The molecule has 1 nitrogen and oxygen atoms in total. The molecule has 1 rings (SSSR count). The molecule has 0 unspecified atom stereocenters. The first kappa shape index (κ1) is 6.67. The number of pyridine rings is 1. The van der Waals surface area contributed by atoms with Crippen molar-refractivity contribution in [3.05, 3.63) is 30.6 Å². The average molecular weight is 143 g/mol. The minimum Gasteiger partial charge on any atom is -0.265 e. The van der Waals surface area contributed by atoms with Crippen molar-refractivity contribution < 1.29 is 17.1 Å². The van der Waals surface area contributed by atoms with Crippen molar-refractivity contribution in [1.29, 1.82) is 0 Å². The third-order valence-electron chi connectivity index (χ3n) is 0.566. The van der Waals surface area contributed by atoms with Gasteiger partial charge < -0.3 is 0 Å². The van der Waals surface area contributed by atoms with Gasteiger partial charge in [-0.2, -0.15) is 0 Å². The van der Waals surface area contributed by atoms with Crippen LogP contribution in [0.1, 0.15) is 0 Å². The van der Waals surface area contributed by atoms with Crippen LogP contribution >= 0.6 is 0 Å². The molecule has 1 radical (unpaired) electrons. The van der Waals surface area contributed by atoms with Crippen LogP contribution in [0.25, 0.3) is 0 Å². The normalized spacial score (nSPS) is 6.86. The summed E-state index contributed by atoms with van der Waals surface area (Å²) >= 11 is 0. The van der Waals surface area contributed by atoms with Crippen molar-refractivity contribution in [2.75, 3.05) is 0 Å². The van der Waals surface area contributed by atoms with Gasteiger partial charge in [-0.1, -0.05) is 6.07 Å². The summed E-state index contributed by atoms with van der Waals surface area (Å²) in [6.07, 6.45) is 3.50. The van der Waals surface area contributed by atoms with E-state index in [1.54, 1.807) is 12.4 Å². The van der Waals surface area contributed by atoms with E-state index in [0.29, 0.717) is 0 Å². The van der Waals surface area contributed by atoms with E-state index in [4.69, 9.17) is 0 Å². The monoisotopic (exact) mass is 142 g/mol. The molecule has 1 aromatic rings. The zero-order valence-corrected chi connectivity index (χ0v) is 4.58. The van der Waals surface area contributed by atoms with E-state index in [0.717, 1.165) is 0 Å². The summed E-state index contributed by atoms with van der Waals surface area (Å²) in [5.74, 6) is 0. The Morgan fingerprint density at radius 3 is 1.57 bits per heavy atom. The van der Waals surface area contributed by atoms with Crippen LogP contribution in [-0.2, 0) is 17.1 Å². The zero-order chi connectivity index (χ0) is 4.24. The van der Waals surface area contributed by atoms with Crippen LogP contribution in [0.15, 0.2) is 30.6 Å². The van der Waals surface area contributed by atoms with E-state index >= 15 is 0 Å². The molecule has 0 fully saturated rings. The van der Waals surface area contributed by atoms with Gasteiger partial charge in [0, 0.05) is 12.4 Å². The molecule has 0 aliphatic carbocycles. The Balaban J connectivity index is 0.000000360. The summed E-state index contributed by atoms with van der Waals surface area (Å²) in [6.45, 7) is 0. The molecule has 7 heavy (non-hydrogen) atoms. The van der Waals surface area contributed by atoms with E-state index < -0.39 is 0 Å².